The van der Waals surface area contributed by atoms with Crippen LogP contribution in [-0.4, -0.2) is 35.6 Å². The summed E-state index contributed by atoms with van der Waals surface area (Å²) in [7, 11) is 0. The number of carbonyl (C=O) groups excluding carboxylic acids is 1. The van der Waals surface area contributed by atoms with E-state index in [4.69, 9.17) is 9.47 Å². The predicted octanol–water partition coefficient (Wildman–Crippen LogP) is 3.41. The molecule has 1 fully saturated rings. The molecule has 1 aromatic heterocycles. The fourth-order valence-corrected chi connectivity index (χ4v) is 2.87. The van der Waals surface area contributed by atoms with Crippen molar-refractivity contribution < 1.29 is 14.3 Å². The van der Waals surface area contributed by atoms with Crippen LogP contribution in [0.2, 0.25) is 0 Å². The van der Waals surface area contributed by atoms with Gasteiger partial charge in [0, 0.05) is 13.2 Å². The van der Waals surface area contributed by atoms with Gasteiger partial charge in [0.2, 0.25) is 0 Å². The first kappa shape index (κ1) is 16.5. The third-order valence-electron chi connectivity index (χ3n) is 4.22. The Kier molecular flexibility index (Phi) is 5.43. The van der Waals surface area contributed by atoms with Crippen LogP contribution in [0.1, 0.15) is 40.5 Å². The molecule has 0 radical (unpaired) electrons. The Balaban J connectivity index is 1.57. The zero-order valence-electron chi connectivity index (χ0n) is 13.9. The van der Waals surface area contributed by atoms with Gasteiger partial charge in [0.1, 0.15) is 12.2 Å². The maximum Gasteiger partial charge on any atom is 0.341 e. The molecule has 0 unspecified atom stereocenters. The van der Waals surface area contributed by atoms with Gasteiger partial charge in [-0.1, -0.05) is 36.4 Å². The molecule has 0 N–H and O–H groups in total. The van der Waals surface area contributed by atoms with Gasteiger partial charge in [0.25, 0.3) is 0 Å². The monoisotopic (exact) mass is 326 g/mol. The van der Waals surface area contributed by atoms with Crippen LogP contribution in [0.3, 0.4) is 0 Å². The lowest BCUT2D eigenvalue weighted by Crippen LogP contribution is -2.21. The Morgan fingerprint density at radius 3 is 2.83 bits per heavy atom. The van der Waals surface area contributed by atoms with E-state index in [1.807, 2.05) is 54.1 Å². The van der Waals surface area contributed by atoms with Crippen molar-refractivity contribution in [3.63, 3.8) is 0 Å². The molecule has 0 amide bonds. The molecular weight excluding hydrogens is 304 g/mol. The average Bonchev–Trinajstić information content (AvgIpc) is 3.02. The molecule has 2 aromatic rings. The molecule has 0 spiro atoms. The first-order valence-corrected chi connectivity index (χ1v) is 8.26. The minimum absolute atomic E-state index is 0.246. The largest absolute Gasteiger partial charge is 0.458 e. The lowest BCUT2D eigenvalue weighted by molar-refractivity contribution is 0.0547. The van der Waals surface area contributed by atoms with Crippen LogP contribution in [-0.2, 0) is 9.47 Å². The summed E-state index contributed by atoms with van der Waals surface area (Å²) in [6, 6.07) is 10.2. The molecule has 24 heavy (non-hydrogen) atoms. The number of nitrogens with zero attached hydrogens (tertiary/aromatic N) is 2. The Morgan fingerprint density at radius 1 is 1.33 bits per heavy atom. The van der Waals surface area contributed by atoms with E-state index in [-0.39, 0.29) is 12.6 Å². The molecule has 0 aliphatic carbocycles. The normalized spacial score (nSPS) is 15.7. The number of benzene rings is 1. The molecule has 1 saturated heterocycles. The van der Waals surface area contributed by atoms with Crippen LogP contribution in [0.15, 0.2) is 42.6 Å². The topological polar surface area (TPSA) is 53.3 Å². The SMILES string of the molecule is Cc1c(C(=O)OCC=Cc2ccccc2)cnn1C1CCOCC1. The van der Waals surface area contributed by atoms with Crippen LogP contribution in [0.5, 0.6) is 0 Å². The summed E-state index contributed by atoms with van der Waals surface area (Å²) >= 11 is 0. The number of hydrogen-bond donors (Lipinski definition) is 0. The highest BCUT2D eigenvalue weighted by molar-refractivity contribution is 5.90. The second-order valence-corrected chi connectivity index (χ2v) is 5.84. The van der Waals surface area contributed by atoms with Crippen molar-refractivity contribution in [3.8, 4) is 0 Å². The van der Waals surface area contributed by atoms with Crippen LogP contribution >= 0.6 is 0 Å². The Morgan fingerprint density at radius 2 is 2.08 bits per heavy atom. The highest BCUT2D eigenvalue weighted by atomic mass is 16.5. The summed E-state index contributed by atoms with van der Waals surface area (Å²) in [5, 5.41) is 4.38. The molecule has 126 valence electrons. The number of rotatable bonds is 5. The second kappa shape index (κ2) is 7.93. The predicted molar refractivity (Wildman–Crippen MR) is 91.8 cm³/mol. The second-order valence-electron chi connectivity index (χ2n) is 5.84. The first-order chi connectivity index (χ1) is 11.8. The quantitative estimate of drug-likeness (QED) is 0.790. The van der Waals surface area contributed by atoms with Crippen LogP contribution in [0.25, 0.3) is 6.08 Å². The standard InChI is InChI=1S/C19H22N2O3/c1-15-18(14-20-21(15)17-9-12-23-13-10-17)19(22)24-11-5-8-16-6-3-2-4-7-16/h2-8,14,17H,9-13H2,1H3. The van der Waals surface area contributed by atoms with Crippen molar-refractivity contribution in [1.29, 1.82) is 0 Å². The number of carbonyl (C=O) groups is 1. The minimum Gasteiger partial charge on any atom is -0.458 e. The van der Waals surface area contributed by atoms with Crippen LogP contribution < -0.4 is 0 Å². The molecule has 5 heteroatoms. The van der Waals surface area contributed by atoms with E-state index in [0.29, 0.717) is 11.6 Å². The number of esters is 1. The fourth-order valence-electron chi connectivity index (χ4n) is 2.87. The maximum atomic E-state index is 12.2. The van der Waals surface area contributed by atoms with Crippen molar-refractivity contribution in [2.45, 2.75) is 25.8 Å². The highest BCUT2D eigenvalue weighted by Crippen LogP contribution is 2.23. The summed E-state index contributed by atoms with van der Waals surface area (Å²) < 4.78 is 12.6. The third-order valence-corrected chi connectivity index (χ3v) is 4.22. The lowest BCUT2D eigenvalue weighted by Gasteiger charge is -2.23. The van der Waals surface area contributed by atoms with Gasteiger partial charge in [-0.05, 0) is 31.4 Å². The molecule has 0 bridgehead atoms. The Hall–Kier alpha value is -2.40. The van der Waals surface area contributed by atoms with E-state index < -0.39 is 0 Å². The number of aromatic nitrogens is 2. The van der Waals surface area contributed by atoms with Gasteiger partial charge in [0.05, 0.1) is 17.9 Å². The molecule has 1 aromatic carbocycles. The van der Waals surface area contributed by atoms with Gasteiger partial charge >= 0.3 is 5.97 Å². The summed E-state index contributed by atoms with van der Waals surface area (Å²) in [6.07, 6.45) is 7.23. The summed E-state index contributed by atoms with van der Waals surface area (Å²) in [4.78, 5) is 12.2. The third kappa shape index (κ3) is 3.92. The fraction of sp³-hybridized carbons (Fsp3) is 0.368. The van der Waals surface area contributed by atoms with E-state index in [2.05, 4.69) is 5.10 Å². The van der Waals surface area contributed by atoms with Crippen molar-refractivity contribution in [2.75, 3.05) is 19.8 Å². The van der Waals surface area contributed by atoms with Crippen molar-refractivity contribution in [2.24, 2.45) is 0 Å². The van der Waals surface area contributed by atoms with Gasteiger partial charge in [-0.15, -0.1) is 0 Å². The first-order valence-electron chi connectivity index (χ1n) is 8.26. The van der Waals surface area contributed by atoms with E-state index in [9.17, 15) is 4.79 Å². The number of ether oxygens (including phenoxy) is 2. The molecule has 5 nitrogen and oxygen atoms in total. The zero-order valence-corrected chi connectivity index (χ0v) is 13.9. The van der Waals surface area contributed by atoms with Crippen molar-refractivity contribution in [1.82, 2.24) is 9.78 Å². The van der Waals surface area contributed by atoms with Gasteiger partial charge in [-0.2, -0.15) is 5.10 Å². The smallest absolute Gasteiger partial charge is 0.341 e. The summed E-state index contributed by atoms with van der Waals surface area (Å²) in [6.45, 7) is 3.65. The Labute approximate surface area is 141 Å². The number of hydrogen-bond acceptors (Lipinski definition) is 4. The lowest BCUT2D eigenvalue weighted by atomic mass is 10.1. The Bertz CT molecular complexity index is 701. The summed E-state index contributed by atoms with van der Waals surface area (Å²) in [5.74, 6) is -0.330. The highest BCUT2D eigenvalue weighted by Gasteiger charge is 2.22. The molecule has 3 rings (SSSR count). The molecule has 1 aliphatic rings. The van der Waals surface area contributed by atoms with E-state index in [0.717, 1.165) is 37.3 Å². The molecule has 1 aliphatic heterocycles. The maximum absolute atomic E-state index is 12.2. The molecular formula is C19H22N2O3. The van der Waals surface area contributed by atoms with Gasteiger partial charge in [-0.3, -0.25) is 4.68 Å². The van der Waals surface area contributed by atoms with Crippen molar-refractivity contribution in [3.05, 3.63) is 59.4 Å². The minimum atomic E-state index is -0.330. The van der Waals surface area contributed by atoms with Gasteiger partial charge in [-0.25, -0.2) is 4.79 Å². The van der Waals surface area contributed by atoms with Crippen LogP contribution in [0.4, 0.5) is 0 Å². The summed E-state index contributed by atoms with van der Waals surface area (Å²) in [5.41, 5.74) is 2.48. The van der Waals surface area contributed by atoms with E-state index in [1.54, 1.807) is 6.20 Å². The van der Waals surface area contributed by atoms with Crippen molar-refractivity contribution >= 4 is 12.0 Å². The molecule has 2 heterocycles. The average molecular weight is 326 g/mol. The van der Waals surface area contributed by atoms with Gasteiger partial charge in [0.15, 0.2) is 0 Å². The van der Waals surface area contributed by atoms with E-state index >= 15 is 0 Å². The van der Waals surface area contributed by atoms with Crippen LogP contribution in [0, 0.1) is 6.92 Å². The zero-order chi connectivity index (χ0) is 16.8. The molecule has 0 saturated carbocycles. The molecule has 0 atom stereocenters. The van der Waals surface area contributed by atoms with E-state index in [1.165, 1.54) is 0 Å². The van der Waals surface area contributed by atoms with Gasteiger partial charge < -0.3 is 9.47 Å².